The number of carboxylic acid groups (broad SMARTS) is 1. The summed E-state index contributed by atoms with van der Waals surface area (Å²) in [7, 11) is 0. The second-order valence-corrected chi connectivity index (χ2v) is 9.18. The Morgan fingerprint density at radius 2 is 1.96 bits per heavy atom. The zero-order valence-electron chi connectivity index (χ0n) is 16.1. The Morgan fingerprint density at radius 1 is 1.25 bits per heavy atom. The number of benzene rings is 1. The molecule has 1 aromatic carbocycles. The van der Waals surface area contributed by atoms with Gasteiger partial charge in [0.2, 0.25) is 0 Å². The van der Waals surface area contributed by atoms with Crippen LogP contribution in [0.5, 0.6) is 0 Å². The summed E-state index contributed by atoms with van der Waals surface area (Å²) in [6.07, 6.45) is 6.29. The van der Waals surface area contributed by atoms with Gasteiger partial charge in [0.25, 0.3) is 5.91 Å². The van der Waals surface area contributed by atoms with E-state index in [-0.39, 0.29) is 30.2 Å². The predicted molar refractivity (Wildman–Crippen MR) is 99.4 cm³/mol. The van der Waals surface area contributed by atoms with Crippen LogP contribution < -0.4 is 0 Å². The molecule has 1 amide bonds. The lowest BCUT2D eigenvalue weighted by Gasteiger charge is -2.57. The molecule has 0 radical (unpaired) electrons. The highest BCUT2D eigenvalue weighted by molar-refractivity contribution is 5.89. The van der Waals surface area contributed by atoms with Gasteiger partial charge in [0.15, 0.2) is 0 Å². The van der Waals surface area contributed by atoms with Gasteiger partial charge in [-0.15, -0.1) is 0 Å². The van der Waals surface area contributed by atoms with E-state index in [1.165, 1.54) is 12.5 Å². The van der Waals surface area contributed by atoms with Gasteiger partial charge in [-0.25, -0.2) is 9.18 Å². The molecule has 1 aromatic rings. The average Bonchev–Trinajstić information content (AvgIpc) is 2.65. The van der Waals surface area contributed by atoms with E-state index in [1.807, 2.05) is 11.8 Å². The highest BCUT2D eigenvalue weighted by atomic mass is 19.1. The normalized spacial score (nSPS) is 35.7. The number of amides is 1. The van der Waals surface area contributed by atoms with Crippen LogP contribution in [0.3, 0.4) is 0 Å². The molecule has 0 spiro atoms. The van der Waals surface area contributed by atoms with Gasteiger partial charge in [-0.2, -0.15) is 0 Å². The minimum atomic E-state index is -1.15. The van der Waals surface area contributed by atoms with E-state index in [9.17, 15) is 19.1 Å². The molecule has 150 valence electrons. The molecular formula is C22H26FNO4. The Morgan fingerprint density at radius 3 is 2.57 bits per heavy atom. The number of ether oxygens (including phenoxy) is 1. The maximum atomic E-state index is 14.6. The van der Waals surface area contributed by atoms with E-state index in [4.69, 9.17) is 4.74 Å². The molecule has 28 heavy (non-hydrogen) atoms. The van der Waals surface area contributed by atoms with Crippen LogP contribution in [0.2, 0.25) is 0 Å². The number of aromatic carboxylic acids is 1. The molecular weight excluding hydrogens is 361 g/mol. The van der Waals surface area contributed by atoms with Gasteiger partial charge in [0.05, 0.1) is 11.7 Å². The van der Waals surface area contributed by atoms with Crippen molar-refractivity contribution in [2.45, 2.75) is 76.2 Å². The zero-order valence-corrected chi connectivity index (χ0v) is 16.1. The second-order valence-electron chi connectivity index (χ2n) is 9.18. The first-order chi connectivity index (χ1) is 13.4. The lowest BCUT2D eigenvalue weighted by Crippen LogP contribution is -2.63. The summed E-state index contributed by atoms with van der Waals surface area (Å²) in [4.78, 5) is 26.9. The van der Waals surface area contributed by atoms with E-state index in [1.54, 1.807) is 0 Å². The summed E-state index contributed by atoms with van der Waals surface area (Å²) in [6.45, 7) is 2.27. The fourth-order valence-corrected chi connectivity index (χ4v) is 6.30. The molecule has 4 fully saturated rings. The van der Waals surface area contributed by atoms with Crippen LogP contribution in [-0.2, 0) is 22.5 Å². The summed E-state index contributed by atoms with van der Waals surface area (Å²) in [5, 5.41) is 9.27. The van der Waals surface area contributed by atoms with E-state index < -0.39 is 17.4 Å². The monoisotopic (exact) mass is 387 g/mol. The van der Waals surface area contributed by atoms with Crippen LogP contribution in [0.4, 0.5) is 4.39 Å². The van der Waals surface area contributed by atoms with Gasteiger partial charge in [0.1, 0.15) is 11.4 Å². The predicted octanol–water partition coefficient (Wildman–Crippen LogP) is 3.53. The molecule has 5 nitrogen and oxygen atoms in total. The van der Waals surface area contributed by atoms with Crippen molar-refractivity contribution in [3.63, 3.8) is 0 Å². The summed E-state index contributed by atoms with van der Waals surface area (Å²) in [6, 6.07) is 2.53. The fourth-order valence-electron chi connectivity index (χ4n) is 6.30. The van der Waals surface area contributed by atoms with Gasteiger partial charge in [-0.1, -0.05) is 6.92 Å². The summed E-state index contributed by atoms with van der Waals surface area (Å²) in [5.41, 5.74) is 0.375. The largest absolute Gasteiger partial charge is 0.478 e. The van der Waals surface area contributed by atoms with Crippen molar-refractivity contribution < 1.29 is 23.8 Å². The first kappa shape index (κ1) is 18.1. The van der Waals surface area contributed by atoms with Crippen molar-refractivity contribution in [1.82, 2.24) is 4.90 Å². The minimum Gasteiger partial charge on any atom is -0.478 e. The number of hydrogen-bond acceptors (Lipinski definition) is 3. The van der Waals surface area contributed by atoms with E-state index >= 15 is 0 Å². The van der Waals surface area contributed by atoms with E-state index in [2.05, 4.69) is 0 Å². The lowest BCUT2D eigenvalue weighted by molar-refractivity contribution is -0.227. The zero-order chi connectivity index (χ0) is 19.6. The SMILES string of the molecule is CC[C@H]1Cc2c(F)cc(C(=O)O)cc2CN1C(=O)C12CC3CC(CC(C3)O1)C2. The molecule has 2 saturated carbocycles. The minimum absolute atomic E-state index is 0.0326. The molecule has 3 heterocycles. The van der Waals surface area contributed by atoms with Crippen molar-refractivity contribution in [2.24, 2.45) is 11.8 Å². The number of carbonyl (C=O) groups is 2. The van der Waals surface area contributed by atoms with Gasteiger partial charge in [0, 0.05) is 12.6 Å². The number of halogens is 1. The molecule has 1 N–H and O–H groups in total. The van der Waals surface area contributed by atoms with Crippen LogP contribution >= 0.6 is 0 Å². The molecule has 2 saturated heterocycles. The van der Waals surface area contributed by atoms with E-state index in [0.29, 0.717) is 29.4 Å². The molecule has 2 unspecified atom stereocenters. The maximum absolute atomic E-state index is 14.6. The number of hydrogen-bond donors (Lipinski definition) is 1. The Hall–Kier alpha value is -1.95. The Balaban J connectivity index is 1.48. The Labute approximate surface area is 163 Å². The van der Waals surface area contributed by atoms with Gasteiger partial charge in [-0.05, 0) is 80.0 Å². The van der Waals surface area contributed by atoms with E-state index in [0.717, 1.165) is 38.2 Å². The lowest BCUT2D eigenvalue weighted by atomic mass is 9.61. The number of fused-ring (bicyclic) bond motifs is 1. The maximum Gasteiger partial charge on any atom is 0.335 e. The van der Waals surface area contributed by atoms with Crippen molar-refractivity contribution >= 4 is 11.9 Å². The molecule has 6 heteroatoms. The van der Waals surface area contributed by atoms with Crippen LogP contribution in [0.1, 0.15) is 66.9 Å². The topological polar surface area (TPSA) is 66.8 Å². The third-order valence-corrected chi connectivity index (χ3v) is 7.37. The van der Waals surface area contributed by atoms with Crippen LogP contribution in [0, 0.1) is 17.7 Å². The smallest absolute Gasteiger partial charge is 0.335 e. The van der Waals surface area contributed by atoms with Crippen LogP contribution in [-0.4, -0.2) is 39.6 Å². The standard InChI is InChI=1S/C22H26FNO4/c1-2-16-8-18-15(6-14(20(25)26)7-19(18)23)11-24(16)21(27)22-9-12-3-13(10-22)5-17(4-12)28-22/h6-7,12-13,16-17H,2-5,8-11H2,1H3,(H,25,26)/t12?,13?,16-,17?,22?/m0/s1. The van der Waals surface area contributed by atoms with Crippen LogP contribution in [0.25, 0.3) is 0 Å². The number of nitrogens with zero attached hydrogens (tertiary/aromatic N) is 1. The molecule has 5 aliphatic rings. The molecule has 2 aliphatic carbocycles. The first-order valence-electron chi connectivity index (χ1n) is 10.4. The Bertz CT molecular complexity index is 816. The fraction of sp³-hybridized carbons (Fsp3) is 0.636. The number of carbonyl (C=O) groups excluding carboxylic acids is 1. The van der Waals surface area contributed by atoms with Crippen molar-refractivity contribution in [1.29, 1.82) is 0 Å². The summed E-state index contributed by atoms with van der Waals surface area (Å²) in [5.74, 6) is -0.454. The van der Waals surface area contributed by atoms with Crippen LogP contribution in [0.15, 0.2) is 12.1 Å². The third kappa shape index (κ3) is 2.68. The van der Waals surface area contributed by atoms with Gasteiger partial charge >= 0.3 is 5.97 Å². The average molecular weight is 387 g/mol. The number of carboxylic acids is 1. The molecule has 6 rings (SSSR count). The van der Waals surface area contributed by atoms with Crippen molar-refractivity contribution in [2.75, 3.05) is 0 Å². The second kappa shape index (κ2) is 6.28. The number of rotatable bonds is 3. The van der Waals surface area contributed by atoms with Gasteiger partial charge in [-0.3, -0.25) is 4.79 Å². The van der Waals surface area contributed by atoms with Crippen molar-refractivity contribution in [3.8, 4) is 0 Å². The highest BCUT2D eigenvalue weighted by Crippen LogP contribution is 2.54. The molecule has 0 aromatic heterocycles. The summed E-state index contributed by atoms with van der Waals surface area (Å²) >= 11 is 0. The highest BCUT2D eigenvalue weighted by Gasteiger charge is 2.57. The summed E-state index contributed by atoms with van der Waals surface area (Å²) < 4.78 is 20.9. The molecule has 4 bridgehead atoms. The molecule has 3 atom stereocenters. The Kier molecular flexibility index (Phi) is 4.06. The van der Waals surface area contributed by atoms with Gasteiger partial charge < -0.3 is 14.7 Å². The van der Waals surface area contributed by atoms with Crippen molar-refractivity contribution in [3.05, 3.63) is 34.6 Å². The molecule has 3 aliphatic heterocycles. The third-order valence-electron chi connectivity index (χ3n) is 7.37. The quantitative estimate of drug-likeness (QED) is 0.862. The first-order valence-corrected chi connectivity index (χ1v) is 10.4.